The van der Waals surface area contributed by atoms with Crippen LogP contribution in [0.4, 0.5) is 4.39 Å². The maximum Gasteiger partial charge on any atom is 0.331 e. The third-order valence-electron chi connectivity index (χ3n) is 7.76. The summed E-state index contributed by atoms with van der Waals surface area (Å²) in [5.41, 5.74) is 0.0238. The molecule has 47 heavy (non-hydrogen) atoms. The molecule has 3 N–H and O–H groups in total. The Balaban J connectivity index is 1.77. The van der Waals surface area contributed by atoms with E-state index in [1.807, 2.05) is 30.3 Å². The Morgan fingerprint density at radius 1 is 1.02 bits per heavy atom. The number of esters is 1. The van der Waals surface area contributed by atoms with Crippen molar-refractivity contribution < 1.29 is 33.4 Å². The van der Waals surface area contributed by atoms with Crippen molar-refractivity contribution in [1.82, 2.24) is 25.1 Å². The Morgan fingerprint density at radius 3 is 2.26 bits per heavy atom. The largest absolute Gasteiger partial charge is 0.479 e. The van der Waals surface area contributed by atoms with Gasteiger partial charge in [-0.2, -0.15) is 0 Å². The number of hydrogen-bond donors (Lipinski definition) is 3. The van der Waals surface area contributed by atoms with E-state index in [0.29, 0.717) is 30.5 Å². The predicted molar refractivity (Wildman–Crippen MR) is 175 cm³/mol. The summed E-state index contributed by atoms with van der Waals surface area (Å²) in [5.74, 6) is -2.96. The van der Waals surface area contributed by atoms with Crippen LogP contribution >= 0.6 is 0 Å². The van der Waals surface area contributed by atoms with Gasteiger partial charge in [0.1, 0.15) is 17.5 Å². The fourth-order valence-corrected chi connectivity index (χ4v) is 4.93. The molecule has 0 radical (unpaired) electrons. The molecule has 0 fully saturated rings. The summed E-state index contributed by atoms with van der Waals surface area (Å²) in [6, 6.07) is 12.4. The van der Waals surface area contributed by atoms with Crippen molar-refractivity contribution in [1.29, 1.82) is 0 Å². The van der Waals surface area contributed by atoms with Crippen LogP contribution in [-0.2, 0) is 30.3 Å². The lowest BCUT2D eigenvalue weighted by Crippen LogP contribution is -2.58. The van der Waals surface area contributed by atoms with E-state index in [0.717, 1.165) is 5.56 Å². The molecule has 0 aliphatic carbocycles. The van der Waals surface area contributed by atoms with E-state index in [4.69, 9.17) is 4.74 Å². The molecule has 1 heterocycles. The highest BCUT2D eigenvalue weighted by Gasteiger charge is 2.34. The van der Waals surface area contributed by atoms with Crippen LogP contribution in [-0.4, -0.2) is 74.1 Å². The fraction of sp³-hybridized carbons (Fsp3) is 0.457. The summed E-state index contributed by atoms with van der Waals surface area (Å²) >= 11 is 0. The molecular weight excluding hydrogens is 605 g/mol. The number of benzene rings is 2. The molecule has 2 aromatic carbocycles. The maximum atomic E-state index is 13.9. The quantitative estimate of drug-likeness (QED) is 0.205. The van der Waals surface area contributed by atoms with Gasteiger partial charge in [-0.25, -0.2) is 14.2 Å². The van der Waals surface area contributed by atoms with Gasteiger partial charge >= 0.3 is 11.9 Å². The Kier molecular flexibility index (Phi) is 12.4. The van der Waals surface area contributed by atoms with Crippen molar-refractivity contribution in [2.45, 2.75) is 90.1 Å². The molecule has 3 atom stereocenters. The second-order valence-corrected chi connectivity index (χ2v) is 13.1. The predicted octanol–water partition coefficient (Wildman–Crippen LogP) is 4.43. The fourth-order valence-electron chi connectivity index (χ4n) is 4.93. The van der Waals surface area contributed by atoms with Gasteiger partial charge in [-0.3, -0.25) is 19.7 Å². The number of carbonyl (C=O) groups is 4. The number of nitrogens with one attached hydrogen (secondary N) is 2. The SMILES string of the molecule is C[C@@H](c1cn(C(C(=O)O)c2ccc(F)cc2)cn1)N(C)C(=O)[C@@H](CCCc1ccccc1)NC(=O)C(C)(C)NCC(=O)OC(C)(C)C. The number of amides is 2. The van der Waals surface area contributed by atoms with Gasteiger partial charge in [0.05, 0.1) is 30.1 Å². The van der Waals surface area contributed by atoms with Crippen LogP contribution in [0.25, 0.3) is 0 Å². The average Bonchev–Trinajstić information content (AvgIpc) is 3.48. The molecule has 0 saturated carbocycles. The van der Waals surface area contributed by atoms with E-state index in [1.165, 1.54) is 40.1 Å². The summed E-state index contributed by atoms with van der Waals surface area (Å²) in [4.78, 5) is 57.7. The van der Waals surface area contributed by atoms with Crippen LogP contribution in [0.5, 0.6) is 0 Å². The first-order chi connectivity index (χ1) is 22.0. The molecular formula is C35H46FN5O6. The van der Waals surface area contributed by atoms with E-state index in [2.05, 4.69) is 15.6 Å². The zero-order valence-electron chi connectivity index (χ0n) is 28.1. The highest BCUT2D eigenvalue weighted by molar-refractivity contribution is 5.92. The Hall–Kier alpha value is -4.58. The lowest BCUT2D eigenvalue weighted by molar-refractivity contribution is -0.154. The standard InChI is InChI=1S/C35H46FN5O6/c1-23(28-21-41(22-37-28)30(32(44)45)25-16-18-26(36)19-17-25)40(7)31(43)27(15-11-14-24-12-9-8-10-13-24)39-33(46)35(5,6)38-20-29(42)47-34(2,3)4/h8-10,12-13,16-19,21-23,27,30,38H,11,14-15,20H2,1-7H3,(H,39,46)(H,44,45)/t23-,27+,30?/m0/s1. The van der Waals surface area contributed by atoms with Crippen LogP contribution in [0.2, 0.25) is 0 Å². The van der Waals surface area contributed by atoms with Gasteiger partial charge in [0.25, 0.3) is 0 Å². The third kappa shape index (κ3) is 10.7. The number of aromatic nitrogens is 2. The van der Waals surface area contributed by atoms with Gasteiger partial charge in [-0.1, -0.05) is 42.5 Å². The number of ether oxygens (including phenoxy) is 1. The third-order valence-corrected chi connectivity index (χ3v) is 7.76. The monoisotopic (exact) mass is 651 g/mol. The molecule has 0 spiro atoms. The number of hydrogen-bond acceptors (Lipinski definition) is 7. The first kappa shape index (κ1) is 36.9. The minimum atomic E-state index is -1.20. The molecule has 2 amide bonds. The molecule has 1 unspecified atom stereocenters. The summed E-state index contributed by atoms with van der Waals surface area (Å²) in [5, 5.41) is 15.7. The van der Waals surface area contributed by atoms with Crippen molar-refractivity contribution in [3.63, 3.8) is 0 Å². The summed E-state index contributed by atoms with van der Waals surface area (Å²) in [6.07, 6.45) is 4.57. The number of nitrogens with zero attached hydrogens (tertiary/aromatic N) is 3. The first-order valence-corrected chi connectivity index (χ1v) is 15.6. The summed E-state index contributed by atoms with van der Waals surface area (Å²) < 4.78 is 20.2. The van der Waals surface area contributed by atoms with Crippen LogP contribution in [0, 0.1) is 5.82 Å². The maximum absolute atomic E-state index is 13.9. The van der Waals surface area contributed by atoms with E-state index in [-0.39, 0.29) is 12.5 Å². The lowest BCUT2D eigenvalue weighted by Gasteiger charge is -2.32. The van der Waals surface area contributed by atoms with Gasteiger partial charge in [-0.05, 0) is 84.1 Å². The normalized spacial score (nSPS) is 13.7. The number of carboxylic acids is 1. The molecule has 0 aliphatic rings. The molecule has 0 aliphatic heterocycles. The Bertz CT molecular complexity index is 1520. The molecule has 11 nitrogen and oxygen atoms in total. The van der Waals surface area contributed by atoms with Crippen LogP contribution in [0.3, 0.4) is 0 Å². The van der Waals surface area contributed by atoms with E-state index >= 15 is 0 Å². The van der Waals surface area contributed by atoms with Crippen molar-refractivity contribution in [2.75, 3.05) is 13.6 Å². The number of likely N-dealkylation sites (N-methyl/N-ethyl adjacent to an activating group) is 1. The first-order valence-electron chi connectivity index (χ1n) is 15.6. The summed E-state index contributed by atoms with van der Waals surface area (Å²) in [7, 11) is 1.60. The van der Waals surface area contributed by atoms with Gasteiger partial charge in [0.2, 0.25) is 11.8 Å². The van der Waals surface area contributed by atoms with Crippen molar-refractivity contribution in [3.05, 3.63) is 89.8 Å². The molecule has 3 rings (SSSR count). The number of aryl methyl sites for hydroxylation is 1. The number of carbonyl (C=O) groups excluding carboxylic acids is 3. The minimum absolute atomic E-state index is 0.195. The van der Waals surface area contributed by atoms with Crippen molar-refractivity contribution in [2.24, 2.45) is 0 Å². The lowest BCUT2D eigenvalue weighted by atomic mass is 10.00. The molecule has 0 bridgehead atoms. The van der Waals surface area contributed by atoms with Gasteiger partial charge in [0.15, 0.2) is 6.04 Å². The van der Waals surface area contributed by atoms with Crippen molar-refractivity contribution in [3.8, 4) is 0 Å². The van der Waals surface area contributed by atoms with Crippen LogP contribution in [0.15, 0.2) is 67.1 Å². The van der Waals surface area contributed by atoms with Crippen LogP contribution < -0.4 is 10.6 Å². The number of rotatable bonds is 15. The smallest absolute Gasteiger partial charge is 0.331 e. The molecule has 0 saturated heterocycles. The summed E-state index contributed by atoms with van der Waals surface area (Å²) in [6.45, 7) is 10.1. The molecule has 3 aromatic rings. The number of imidazole rings is 1. The number of halogens is 1. The molecule has 12 heteroatoms. The van der Waals surface area contributed by atoms with E-state index in [1.54, 1.807) is 54.8 Å². The van der Waals surface area contributed by atoms with E-state index in [9.17, 15) is 28.7 Å². The van der Waals surface area contributed by atoms with Crippen LogP contribution in [0.1, 0.15) is 83.3 Å². The number of carboxylic acid groups (broad SMARTS) is 1. The highest BCUT2D eigenvalue weighted by Crippen LogP contribution is 2.24. The highest BCUT2D eigenvalue weighted by atomic mass is 19.1. The topological polar surface area (TPSA) is 143 Å². The van der Waals surface area contributed by atoms with Crippen molar-refractivity contribution >= 4 is 23.8 Å². The molecule has 1 aromatic heterocycles. The van der Waals surface area contributed by atoms with Gasteiger partial charge in [-0.15, -0.1) is 0 Å². The second kappa shape index (κ2) is 15.8. The Morgan fingerprint density at radius 2 is 1.66 bits per heavy atom. The second-order valence-electron chi connectivity index (χ2n) is 13.1. The zero-order valence-corrected chi connectivity index (χ0v) is 28.1. The Labute approximate surface area is 275 Å². The minimum Gasteiger partial charge on any atom is -0.479 e. The van der Waals surface area contributed by atoms with Gasteiger partial charge in [0, 0.05) is 13.2 Å². The number of aliphatic carboxylic acids is 1. The average molecular weight is 652 g/mol. The van der Waals surface area contributed by atoms with E-state index < -0.39 is 52.9 Å². The van der Waals surface area contributed by atoms with Gasteiger partial charge < -0.3 is 24.6 Å². The molecule has 254 valence electrons. The zero-order chi connectivity index (χ0) is 34.9.